The predicted molar refractivity (Wildman–Crippen MR) is 61.6 cm³/mol. The number of nitrogens with zero attached hydrogens (tertiary/aromatic N) is 1. The van der Waals surface area contributed by atoms with E-state index in [9.17, 15) is 10.1 Å². The minimum Gasteiger partial charge on any atom is -0.491 e. The second kappa shape index (κ2) is 4.59. The smallest absolute Gasteiger partial charge is 0.286 e. The SMILES string of the molecule is CC(C)Oc1ccc(I)c([N+](=O)[O-])c1. The molecule has 5 heteroatoms. The molecule has 0 fully saturated rings. The van der Waals surface area contributed by atoms with Gasteiger partial charge in [-0.3, -0.25) is 10.1 Å². The van der Waals surface area contributed by atoms with Gasteiger partial charge in [0, 0.05) is 0 Å². The Hall–Kier alpha value is -0.850. The van der Waals surface area contributed by atoms with Gasteiger partial charge in [-0.1, -0.05) is 0 Å². The lowest BCUT2D eigenvalue weighted by Gasteiger charge is -2.09. The Balaban J connectivity index is 3.00. The van der Waals surface area contributed by atoms with Crippen LogP contribution in [0.5, 0.6) is 5.75 Å². The molecule has 0 unspecified atom stereocenters. The first kappa shape index (κ1) is 11.2. The van der Waals surface area contributed by atoms with Crippen LogP contribution in [-0.4, -0.2) is 11.0 Å². The van der Waals surface area contributed by atoms with Crippen LogP contribution in [0.15, 0.2) is 18.2 Å². The molecule has 0 saturated carbocycles. The molecule has 0 amide bonds. The van der Waals surface area contributed by atoms with E-state index in [4.69, 9.17) is 4.74 Å². The number of rotatable bonds is 3. The van der Waals surface area contributed by atoms with Crippen LogP contribution < -0.4 is 4.74 Å². The van der Waals surface area contributed by atoms with Crippen molar-refractivity contribution in [1.82, 2.24) is 0 Å². The first-order valence-electron chi connectivity index (χ1n) is 4.11. The van der Waals surface area contributed by atoms with Gasteiger partial charge >= 0.3 is 0 Å². The summed E-state index contributed by atoms with van der Waals surface area (Å²) >= 11 is 1.93. The van der Waals surface area contributed by atoms with E-state index in [0.717, 1.165) is 0 Å². The lowest BCUT2D eigenvalue weighted by molar-refractivity contribution is -0.385. The summed E-state index contributed by atoms with van der Waals surface area (Å²) in [6.45, 7) is 3.76. The molecule has 1 rings (SSSR count). The van der Waals surface area contributed by atoms with Crippen LogP contribution in [0.1, 0.15) is 13.8 Å². The average Bonchev–Trinajstić information content (AvgIpc) is 2.07. The lowest BCUT2D eigenvalue weighted by atomic mass is 10.3. The Morgan fingerprint density at radius 1 is 1.50 bits per heavy atom. The van der Waals surface area contributed by atoms with Crippen molar-refractivity contribution in [2.45, 2.75) is 20.0 Å². The van der Waals surface area contributed by atoms with E-state index < -0.39 is 4.92 Å². The summed E-state index contributed by atoms with van der Waals surface area (Å²) in [7, 11) is 0. The summed E-state index contributed by atoms with van der Waals surface area (Å²) in [5, 5.41) is 10.6. The van der Waals surface area contributed by atoms with E-state index in [2.05, 4.69) is 0 Å². The van der Waals surface area contributed by atoms with Gasteiger partial charge in [-0.25, -0.2) is 0 Å². The summed E-state index contributed by atoms with van der Waals surface area (Å²) < 4.78 is 5.97. The van der Waals surface area contributed by atoms with Crippen molar-refractivity contribution in [3.63, 3.8) is 0 Å². The number of benzene rings is 1. The highest BCUT2D eigenvalue weighted by molar-refractivity contribution is 14.1. The topological polar surface area (TPSA) is 52.4 Å². The lowest BCUT2D eigenvalue weighted by Crippen LogP contribution is -2.05. The van der Waals surface area contributed by atoms with Gasteiger partial charge in [-0.15, -0.1) is 0 Å². The summed E-state index contributed by atoms with van der Waals surface area (Å²) in [4.78, 5) is 10.2. The van der Waals surface area contributed by atoms with E-state index in [0.29, 0.717) is 9.32 Å². The van der Waals surface area contributed by atoms with Crippen molar-refractivity contribution in [3.8, 4) is 5.75 Å². The van der Waals surface area contributed by atoms with Crippen molar-refractivity contribution in [2.24, 2.45) is 0 Å². The van der Waals surface area contributed by atoms with Crippen molar-refractivity contribution in [3.05, 3.63) is 31.9 Å². The summed E-state index contributed by atoms with van der Waals surface area (Å²) in [6.07, 6.45) is 0.0228. The van der Waals surface area contributed by atoms with Gasteiger partial charge in [0.15, 0.2) is 0 Å². The average molecular weight is 307 g/mol. The highest BCUT2D eigenvalue weighted by atomic mass is 127. The molecular weight excluding hydrogens is 297 g/mol. The van der Waals surface area contributed by atoms with E-state index in [1.54, 1.807) is 12.1 Å². The molecule has 0 N–H and O–H groups in total. The van der Waals surface area contributed by atoms with Gasteiger partial charge in [0.05, 0.1) is 20.7 Å². The van der Waals surface area contributed by atoms with E-state index in [1.165, 1.54) is 6.07 Å². The third-order valence-electron chi connectivity index (χ3n) is 1.49. The van der Waals surface area contributed by atoms with Crippen LogP contribution in [0.2, 0.25) is 0 Å². The zero-order valence-corrected chi connectivity index (χ0v) is 10.0. The number of ether oxygens (including phenoxy) is 1. The van der Waals surface area contributed by atoms with Crippen LogP contribution in [0.4, 0.5) is 5.69 Å². The fourth-order valence-electron chi connectivity index (χ4n) is 0.978. The van der Waals surface area contributed by atoms with E-state index in [1.807, 2.05) is 36.4 Å². The number of halogens is 1. The molecule has 0 aliphatic heterocycles. The third kappa shape index (κ3) is 2.83. The van der Waals surface area contributed by atoms with Crippen LogP contribution in [0.25, 0.3) is 0 Å². The molecule has 14 heavy (non-hydrogen) atoms. The molecule has 0 radical (unpaired) electrons. The molecule has 0 heterocycles. The Morgan fingerprint density at radius 2 is 2.14 bits per heavy atom. The van der Waals surface area contributed by atoms with Gasteiger partial charge in [0.2, 0.25) is 0 Å². The predicted octanol–water partition coefficient (Wildman–Crippen LogP) is 2.99. The molecule has 0 aliphatic carbocycles. The molecule has 4 nitrogen and oxygen atoms in total. The maximum Gasteiger partial charge on any atom is 0.286 e. The van der Waals surface area contributed by atoms with E-state index in [-0.39, 0.29) is 11.8 Å². The Labute approximate surface area is 95.6 Å². The van der Waals surface area contributed by atoms with Crippen LogP contribution in [0, 0.1) is 13.7 Å². The van der Waals surface area contributed by atoms with Gasteiger partial charge in [-0.2, -0.15) is 0 Å². The fraction of sp³-hybridized carbons (Fsp3) is 0.333. The monoisotopic (exact) mass is 307 g/mol. The van der Waals surface area contributed by atoms with Gasteiger partial charge in [-0.05, 0) is 48.6 Å². The van der Waals surface area contributed by atoms with E-state index >= 15 is 0 Å². The minimum atomic E-state index is -0.408. The molecule has 0 bridgehead atoms. The molecule has 0 atom stereocenters. The Kier molecular flexibility index (Phi) is 3.68. The molecule has 0 saturated heterocycles. The normalized spacial score (nSPS) is 10.3. The molecule has 76 valence electrons. The Morgan fingerprint density at radius 3 is 2.64 bits per heavy atom. The van der Waals surface area contributed by atoms with Crippen LogP contribution >= 0.6 is 22.6 Å². The second-order valence-corrected chi connectivity index (χ2v) is 4.20. The third-order valence-corrected chi connectivity index (χ3v) is 2.40. The molecule has 0 aromatic heterocycles. The van der Waals surface area contributed by atoms with Gasteiger partial charge in [0.1, 0.15) is 5.75 Å². The molecule has 0 aliphatic rings. The van der Waals surface area contributed by atoms with Crippen molar-refractivity contribution >= 4 is 28.3 Å². The highest BCUT2D eigenvalue weighted by Gasteiger charge is 2.13. The van der Waals surface area contributed by atoms with Crippen LogP contribution in [0.3, 0.4) is 0 Å². The van der Waals surface area contributed by atoms with Crippen LogP contribution in [-0.2, 0) is 0 Å². The largest absolute Gasteiger partial charge is 0.491 e. The molecule has 1 aromatic carbocycles. The fourth-order valence-corrected chi connectivity index (χ4v) is 1.51. The van der Waals surface area contributed by atoms with Gasteiger partial charge < -0.3 is 4.74 Å². The second-order valence-electron chi connectivity index (χ2n) is 3.04. The zero-order valence-electron chi connectivity index (χ0n) is 7.86. The Bertz CT molecular complexity index is 352. The zero-order chi connectivity index (χ0) is 10.7. The van der Waals surface area contributed by atoms with Crippen molar-refractivity contribution < 1.29 is 9.66 Å². The molecular formula is C9H10INO3. The van der Waals surface area contributed by atoms with Crippen molar-refractivity contribution in [2.75, 3.05) is 0 Å². The summed E-state index contributed by atoms with van der Waals surface area (Å²) in [6, 6.07) is 4.85. The quantitative estimate of drug-likeness (QED) is 0.490. The molecule has 1 aromatic rings. The number of nitro groups is 1. The first-order chi connectivity index (χ1) is 6.50. The number of nitro benzene ring substituents is 1. The summed E-state index contributed by atoms with van der Waals surface area (Å²) in [5.41, 5.74) is 0.0868. The first-order valence-corrected chi connectivity index (χ1v) is 5.19. The summed E-state index contributed by atoms with van der Waals surface area (Å²) in [5.74, 6) is 0.534. The maximum atomic E-state index is 10.6. The highest BCUT2D eigenvalue weighted by Crippen LogP contribution is 2.26. The standard InChI is InChI=1S/C9H10INO3/c1-6(2)14-7-3-4-8(10)9(5-7)11(12)13/h3-6H,1-2H3. The number of hydrogen-bond acceptors (Lipinski definition) is 3. The minimum absolute atomic E-state index is 0.0228. The van der Waals surface area contributed by atoms with Crippen molar-refractivity contribution in [1.29, 1.82) is 0 Å². The number of hydrogen-bond donors (Lipinski definition) is 0. The maximum absolute atomic E-state index is 10.6. The van der Waals surface area contributed by atoms with Gasteiger partial charge in [0.25, 0.3) is 5.69 Å². The molecule has 0 spiro atoms.